The Morgan fingerprint density at radius 1 is 1.62 bits per heavy atom. The zero-order valence-electron chi connectivity index (χ0n) is 9.34. The molecule has 5 nitrogen and oxygen atoms in total. The molecule has 0 aromatic carbocycles. The highest BCUT2D eigenvalue weighted by atomic mass is 35.5. The number of hydrogen-bond donors (Lipinski definition) is 2. The molecule has 2 rings (SSSR count). The van der Waals surface area contributed by atoms with Crippen molar-refractivity contribution in [3.8, 4) is 0 Å². The molecule has 2 unspecified atom stereocenters. The van der Waals surface area contributed by atoms with E-state index in [0.717, 1.165) is 4.90 Å². The maximum absolute atomic E-state index is 8.56. The fourth-order valence-electron chi connectivity index (χ4n) is 1.82. The second-order valence-corrected chi connectivity index (χ2v) is 4.13. The quantitative estimate of drug-likeness (QED) is 0.310. The number of oxime groups is 1. The molecule has 0 bridgehead atoms. The van der Waals surface area contributed by atoms with Crippen LogP contribution in [0.5, 0.6) is 0 Å². The first-order chi connectivity index (χ1) is 7.31. The molecule has 2 N–H and O–H groups in total. The van der Waals surface area contributed by atoms with E-state index in [9.17, 15) is 0 Å². The Hall–Kier alpha value is -0.780. The molecule has 0 aromatic heterocycles. The van der Waals surface area contributed by atoms with Gasteiger partial charge < -0.3 is 27.3 Å². The zero-order chi connectivity index (χ0) is 10.7. The van der Waals surface area contributed by atoms with Crippen molar-refractivity contribution in [3.63, 3.8) is 0 Å². The Bertz CT molecular complexity index is 269. The Balaban J connectivity index is 0.00000128. The monoisotopic (exact) mass is 247 g/mol. The molecular weight excluding hydrogens is 230 g/mol. The van der Waals surface area contributed by atoms with Gasteiger partial charge in [0, 0.05) is 7.05 Å². The molecule has 0 amide bonds. The van der Waals surface area contributed by atoms with Crippen molar-refractivity contribution in [1.29, 1.82) is 0 Å². The predicted octanol–water partition coefficient (Wildman–Crippen LogP) is -3.40. The topological polar surface area (TPSA) is 49.5 Å². The molecule has 0 saturated heterocycles. The molecule has 0 radical (unpaired) electrons. The molecule has 16 heavy (non-hydrogen) atoms. The van der Waals surface area contributed by atoms with Crippen LogP contribution in [0.1, 0.15) is 19.3 Å². The fraction of sp³-hybridized carbons (Fsp3) is 0.700. The van der Waals surface area contributed by atoms with E-state index in [0.29, 0.717) is 12.8 Å². The van der Waals surface area contributed by atoms with Gasteiger partial charge in [-0.05, 0) is 19.3 Å². The summed E-state index contributed by atoms with van der Waals surface area (Å²) >= 11 is 0. The second kappa shape index (κ2) is 6.08. The first kappa shape index (κ1) is 13.3. The van der Waals surface area contributed by atoms with Gasteiger partial charge in [0.05, 0.1) is 12.3 Å². The average Bonchev–Trinajstić information content (AvgIpc) is 2.48. The van der Waals surface area contributed by atoms with Crippen molar-refractivity contribution in [3.05, 3.63) is 12.4 Å². The summed E-state index contributed by atoms with van der Waals surface area (Å²) in [5, 5.41) is 11.7. The number of rotatable bonds is 4. The molecule has 92 valence electrons. The second-order valence-electron chi connectivity index (χ2n) is 4.13. The summed E-state index contributed by atoms with van der Waals surface area (Å²) in [4.78, 5) is 3.15. The molecule has 0 aromatic rings. The number of halogens is 1. The summed E-state index contributed by atoms with van der Waals surface area (Å²) in [6.07, 6.45) is 9.70. The standard InChI is InChI=1S/C10H17N3O2.ClH/c1-12-5-6-13(10(12)7-11-14)8-15-9-3-2-4-9;/h5-7,9-10,14H,2-4,8H2,1H3;1H/b11-7-;. The number of nitrogens with zero attached hydrogens (tertiary/aromatic N) is 2. The van der Waals surface area contributed by atoms with Gasteiger partial charge in [-0.25, -0.2) is 0 Å². The van der Waals surface area contributed by atoms with Gasteiger partial charge in [-0.3, -0.25) is 4.90 Å². The normalized spacial score (nSPS) is 29.4. The van der Waals surface area contributed by atoms with E-state index >= 15 is 0 Å². The molecule has 1 aliphatic heterocycles. The van der Waals surface area contributed by atoms with E-state index < -0.39 is 0 Å². The summed E-state index contributed by atoms with van der Waals surface area (Å²) < 4.78 is 5.73. The molecule has 1 aliphatic carbocycles. The van der Waals surface area contributed by atoms with Crippen LogP contribution in [0.25, 0.3) is 0 Å². The number of nitrogens with one attached hydrogen (secondary N) is 1. The van der Waals surface area contributed by atoms with E-state index in [2.05, 4.69) is 5.16 Å². The minimum atomic E-state index is 0. The Morgan fingerprint density at radius 2 is 2.38 bits per heavy atom. The third-order valence-electron chi connectivity index (χ3n) is 3.09. The average molecular weight is 248 g/mol. The van der Waals surface area contributed by atoms with E-state index in [1.54, 1.807) is 0 Å². The van der Waals surface area contributed by atoms with Gasteiger partial charge in [-0.15, -0.1) is 0 Å². The van der Waals surface area contributed by atoms with Gasteiger partial charge in [0.25, 0.3) is 0 Å². The Kier molecular flexibility index (Phi) is 5.05. The van der Waals surface area contributed by atoms with Gasteiger partial charge in [0.15, 0.2) is 6.73 Å². The SMILES string of the molecule is CN1C=C[NH+](COC2CCC2)C1/C=N\O.[Cl-]. The molecule has 6 heteroatoms. The predicted molar refractivity (Wildman–Crippen MR) is 55.5 cm³/mol. The highest BCUT2D eigenvalue weighted by Crippen LogP contribution is 2.20. The first-order valence-electron chi connectivity index (χ1n) is 5.36. The minimum absolute atomic E-state index is 0. The minimum Gasteiger partial charge on any atom is -1.00 e. The van der Waals surface area contributed by atoms with Crippen molar-refractivity contribution < 1.29 is 27.3 Å². The van der Waals surface area contributed by atoms with Crippen molar-refractivity contribution in [2.45, 2.75) is 31.5 Å². The van der Waals surface area contributed by atoms with Crippen LogP contribution >= 0.6 is 0 Å². The third-order valence-corrected chi connectivity index (χ3v) is 3.09. The van der Waals surface area contributed by atoms with Crippen molar-refractivity contribution >= 4 is 6.21 Å². The van der Waals surface area contributed by atoms with Crippen LogP contribution < -0.4 is 17.3 Å². The van der Waals surface area contributed by atoms with E-state index in [4.69, 9.17) is 9.94 Å². The van der Waals surface area contributed by atoms with Gasteiger partial charge >= 0.3 is 0 Å². The summed E-state index contributed by atoms with van der Waals surface area (Å²) in [5.74, 6) is 0. The summed E-state index contributed by atoms with van der Waals surface area (Å²) in [5.41, 5.74) is 0. The maximum Gasteiger partial charge on any atom is 0.209 e. The molecular formula is C10H18ClN3O2. The van der Waals surface area contributed by atoms with Crippen molar-refractivity contribution in [2.24, 2.45) is 5.16 Å². The summed E-state index contributed by atoms with van der Waals surface area (Å²) in [6, 6.07) is 0. The summed E-state index contributed by atoms with van der Waals surface area (Å²) in [7, 11) is 1.96. The lowest BCUT2D eigenvalue weighted by molar-refractivity contribution is -0.887. The van der Waals surface area contributed by atoms with Gasteiger partial charge in [-0.1, -0.05) is 5.16 Å². The van der Waals surface area contributed by atoms with Crippen LogP contribution in [0.2, 0.25) is 0 Å². The third kappa shape index (κ3) is 2.87. The lowest BCUT2D eigenvalue weighted by Gasteiger charge is -2.28. The highest BCUT2D eigenvalue weighted by Gasteiger charge is 2.29. The van der Waals surface area contributed by atoms with Crippen LogP contribution in [-0.4, -0.2) is 42.4 Å². The van der Waals surface area contributed by atoms with Crippen molar-refractivity contribution in [2.75, 3.05) is 13.8 Å². The molecule has 0 spiro atoms. The first-order valence-corrected chi connectivity index (χ1v) is 5.36. The van der Waals surface area contributed by atoms with Gasteiger partial charge in [0.2, 0.25) is 6.17 Å². The molecule has 2 atom stereocenters. The lowest BCUT2D eigenvalue weighted by atomic mass is 9.96. The van der Waals surface area contributed by atoms with E-state index in [1.807, 2.05) is 24.3 Å². The van der Waals surface area contributed by atoms with Crippen molar-refractivity contribution in [1.82, 2.24) is 4.90 Å². The lowest BCUT2D eigenvalue weighted by Crippen LogP contribution is -3.12. The number of quaternary nitrogens is 1. The Labute approximate surface area is 102 Å². The maximum atomic E-state index is 8.56. The van der Waals surface area contributed by atoms with Crippen LogP contribution in [0.4, 0.5) is 0 Å². The number of hydrogen-bond acceptors (Lipinski definition) is 4. The van der Waals surface area contributed by atoms with E-state index in [-0.39, 0.29) is 18.6 Å². The highest BCUT2D eigenvalue weighted by molar-refractivity contribution is 5.61. The zero-order valence-corrected chi connectivity index (χ0v) is 10.1. The van der Waals surface area contributed by atoms with Crippen LogP contribution in [-0.2, 0) is 4.74 Å². The molecule has 2 aliphatic rings. The number of ether oxygens (including phenoxy) is 1. The molecule has 1 heterocycles. The van der Waals surface area contributed by atoms with E-state index in [1.165, 1.54) is 25.5 Å². The fourth-order valence-corrected chi connectivity index (χ4v) is 1.82. The van der Waals surface area contributed by atoms with Crippen LogP contribution in [0, 0.1) is 0 Å². The van der Waals surface area contributed by atoms with Crippen LogP contribution in [0.15, 0.2) is 17.6 Å². The van der Waals surface area contributed by atoms with Gasteiger partial charge in [0.1, 0.15) is 12.4 Å². The summed E-state index contributed by atoms with van der Waals surface area (Å²) in [6.45, 7) is 0.641. The molecule has 1 fully saturated rings. The largest absolute Gasteiger partial charge is 1.00 e. The Morgan fingerprint density at radius 3 is 2.94 bits per heavy atom. The smallest absolute Gasteiger partial charge is 0.209 e. The van der Waals surface area contributed by atoms with Crippen LogP contribution in [0.3, 0.4) is 0 Å². The molecule has 1 saturated carbocycles. The van der Waals surface area contributed by atoms with Gasteiger partial charge in [-0.2, -0.15) is 0 Å².